The number of para-hydroxylation sites is 6. The fourth-order valence-corrected chi connectivity index (χ4v) is 11.5. The highest BCUT2D eigenvalue weighted by Crippen LogP contribution is 2.53. The Kier molecular flexibility index (Phi) is 8.00. The van der Waals surface area contributed by atoms with E-state index < -0.39 is 0 Å². The molecule has 13 aromatic rings. The summed E-state index contributed by atoms with van der Waals surface area (Å²) in [6, 6.07) is 84.9. The normalized spacial score (nSPS) is 13.3. The molecular formula is C63H44N4. The molecule has 10 aromatic carbocycles. The second kappa shape index (κ2) is 14.2. The van der Waals surface area contributed by atoms with Crippen LogP contribution in [0.4, 0.5) is 17.1 Å². The molecule has 316 valence electrons. The molecule has 0 atom stereocenters. The van der Waals surface area contributed by atoms with Crippen LogP contribution < -0.4 is 4.90 Å². The maximum Gasteiger partial charge on any atom is 0.0542 e. The van der Waals surface area contributed by atoms with Crippen LogP contribution in [0.3, 0.4) is 0 Å². The van der Waals surface area contributed by atoms with Gasteiger partial charge in [0.15, 0.2) is 0 Å². The number of anilines is 3. The van der Waals surface area contributed by atoms with E-state index in [1.54, 1.807) is 0 Å². The fourth-order valence-electron chi connectivity index (χ4n) is 11.5. The molecule has 1 aliphatic heterocycles. The molecule has 4 heteroatoms. The molecule has 0 bridgehead atoms. The molecule has 0 radical (unpaired) electrons. The van der Waals surface area contributed by atoms with Crippen molar-refractivity contribution < 1.29 is 0 Å². The standard InChI is InChI=1S/C63H44N4/c1-63(2)53-24-12-16-28-61(53)67(46-32-36-60-52(40-46)49-23-11-14-26-56(49)65(60)44-19-7-4-8-20-44)62-34-30-42(38-54(62)63)41-29-33-58-50(37-41)47-21-9-15-27-57(47)66(58)45-31-35-59-51(39-45)48-22-10-13-25-55(48)64(59)43-17-5-3-6-18-43/h3-40H,1-2H3. The van der Waals surface area contributed by atoms with E-state index in [1.165, 1.54) is 105 Å². The van der Waals surface area contributed by atoms with E-state index in [1.807, 2.05) is 0 Å². The van der Waals surface area contributed by atoms with Gasteiger partial charge in [-0.15, -0.1) is 0 Å². The Morgan fingerprint density at radius 1 is 0.269 bits per heavy atom. The smallest absolute Gasteiger partial charge is 0.0542 e. The first-order valence-corrected chi connectivity index (χ1v) is 23.3. The Hall–Kier alpha value is -8.60. The minimum Gasteiger partial charge on any atom is -0.310 e. The molecular weight excluding hydrogens is 813 g/mol. The number of aromatic nitrogens is 3. The first-order valence-electron chi connectivity index (χ1n) is 23.3. The number of nitrogens with zero attached hydrogens (tertiary/aromatic N) is 4. The van der Waals surface area contributed by atoms with Gasteiger partial charge in [-0.1, -0.05) is 135 Å². The third-order valence-corrected chi connectivity index (χ3v) is 14.6. The highest BCUT2D eigenvalue weighted by Gasteiger charge is 2.37. The lowest BCUT2D eigenvalue weighted by Gasteiger charge is -2.42. The zero-order valence-corrected chi connectivity index (χ0v) is 37.2. The summed E-state index contributed by atoms with van der Waals surface area (Å²) in [6.45, 7) is 4.76. The minimum atomic E-state index is -0.242. The maximum atomic E-state index is 2.48. The van der Waals surface area contributed by atoms with Crippen molar-refractivity contribution in [3.63, 3.8) is 0 Å². The quantitative estimate of drug-likeness (QED) is 0.169. The average Bonchev–Trinajstić information content (AvgIpc) is 4.02. The molecule has 4 nitrogen and oxygen atoms in total. The van der Waals surface area contributed by atoms with E-state index in [9.17, 15) is 0 Å². The second-order valence-electron chi connectivity index (χ2n) is 18.6. The Bertz CT molecular complexity index is 4130. The lowest BCUT2D eigenvalue weighted by Crippen LogP contribution is -2.30. The van der Waals surface area contributed by atoms with Gasteiger partial charge in [0.25, 0.3) is 0 Å². The highest BCUT2D eigenvalue weighted by atomic mass is 15.2. The molecule has 3 aromatic heterocycles. The highest BCUT2D eigenvalue weighted by molar-refractivity contribution is 6.14. The van der Waals surface area contributed by atoms with E-state index in [4.69, 9.17) is 0 Å². The molecule has 67 heavy (non-hydrogen) atoms. The van der Waals surface area contributed by atoms with Gasteiger partial charge in [-0.2, -0.15) is 0 Å². The first-order chi connectivity index (χ1) is 33.0. The molecule has 1 aliphatic rings. The summed E-state index contributed by atoms with van der Waals surface area (Å²) in [6.07, 6.45) is 0. The zero-order chi connectivity index (χ0) is 44.4. The minimum absolute atomic E-state index is 0.242. The van der Waals surface area contributed by atoms with Crippen molar-refractivity contribution in [2.24, 2.45) is 0 Å². The van der Waals surface area contributed by atoms with Crippen LogP contribution in [0.2, 0.25) is 0 Å². The van der Waals surface area contributed by atoms with E-state index in [0.717, 1.165) is 17.1 Å². The SMILES string of the molecule is CC1(C)c2ccccc2N(c2ccc3c(c2)c2ccccc2n3-c2ccccc2)c2ccc(-c3ccc4c(c3)c3ccccc3n4-c3ccc4c(c3)c3ccccc3n4-c3ccccc3)cc21. The number of benzene rings is 10. The van der Waals surface area contributed by atoms with Crippen LogP contribution in [0.15, 0.2) is 231 Å². The van der Waals surface area contributed by atoms with Gasteiger partial charge in [0.1, 0.15) is 0 Å². The lowest BCUT2D eigenvalue weighted by atomic mass is 9.73. The molecule has 0 saturated carbocycles. The number of hydrogen-bond donors (Lipinski definition) is 0. The molecule has 0 aliphatic carbocycles. The van der Waals surface area contributed by atoms with Crippen molar-refractivity contribution in [1.29, 1.82) is 0 Å². The number of rotatable bonds is 5. The van der Waals surface area contributed by atoms with Gasteiger partial charge in [-0.25, -0.2) is 0 Å². The van der Waals surface area contributed by atoms with Crippen molar-refractivity contribution in [3.05, 3.63) is 242 Å². The third-order valence-electron chi connectivity index (χ3n) is 14.6. The van der Waals surface area contributed by atoms with Gasteiger partial charge in [-0.05, 0) is 131 Å². The maximum absolute atomic E-state index is 2.48. The van der Waals surface area contributed by atoms with Gasteiger partial charge in [0.05, 0.1) is 44.5 Å². The zero-order valence-electron chi connectivity index (χ0n) is 37.2. The summed E-state index contributed by atoms with van der Waals surface area (Å²) in [5.41, 5.74) is 19.1. The fraction of sp³-hybridized carbons (Fsp3) is 0.0476. The molecule has 0 saturated heterocycles. The molecule has 0 unspecified atom stereocenters. The van der Waals surface area contributed by atoms with Crippen LogP contribution >= 0.6 is 0 Å². The van der Waals surface area contributed by atoms with Crippen LogP contribution in [0, 0.1) is 0 Å². The summed E-state index contributed by atoms with van der Waals surface area (Å²) in [4.78, 5) is 2.48. The van der Waals surface area contributed by atoms with E-state index in [2.05, 4.69) is 263 Å². The van der Waals surface area contributed by atoms with Crippen molar-refractivity contribution in [2.75, 3.05) is 4.90 Å². The molecule has 0 fully saturated rings. The first kappa shape index (κ1) is 37.7. The van der Waals surface area contributed by atoms with Gasteiger partial charge in [-0.3, -0.25) is 0 Å². The van der Waals surface area contributed by atoms with Crippen molar-refractivity contribution in [3.8, 4) is 28.2 Å². The Labute approximate surface area is 388 Å². The molecule has 0 spiro atoms. The topological polar surface area (TPSA) is 18.0 Å². The molecule has 14 rings (SSSR count). The van der Waals surface area contributed by atoms with E-state index in [0.29, 0.717) is 0 Å². The number of hydrogen-bond acceptors (Lipinski definition) is 1. The van der Waals surface area contributed by atoms with Gasteiger partial charge < -0.3 is 18.6 Å². The summed E-state index contributed by atoms with van der Waals surface area (Å²) in [5.74, 6) is 0. The summed E-state index contributed by atoms with van der Waals surface area (Å²) in [7, 11) is 0. The lowest BCUT2D eigenvalue weighted by molar-refractivity contribution is 0.632. The third kappa shape index (κ3) is 5.47. The van der Waals surface area contributed by atoms with E-state index in [-0.39, 0.29) is 5.41 Å². The Balaban J connectivity index is 0.912. The average molecular weight is 857 g/mol. The summed E-state index contributed by atoms with van der Waals surface area (Å²) in [5, 5.41) is 7.46. The predicted molar refractivity (Wildman–Crippen MR) is 282 cm³/mol. The van der Waals surface area contributed by atoms with Crippen LogP contribution in [0.1, 0.15) is 25.0 Å². The monoisotopic (exact) mass is 856 g/mol. The van der Waals surface area contributed by atoms with Crippen LogP contribution in [-0.4, -0.2) is 13.7 Å². The second-order valence-corrected chi connectivity index (χ2v) is 18.6. The Morgan fingerprint density at radius 3 is 1.27 bits per heavy atom. The van der Waals surface area contributed by atoms with E-state index >= 15 is 0 Å². The van der Waals surface area contributed by atoms with Gasteiger partial charge in [0, 0.05) is 60.5 Å². The summed E-state index contributed by atoms with van der Waals surface area (Å²) < 4.78 is 7.22. The van der Waals surface area contributed by atoms with Crippen LogP contribution in [0.25, 0.3) is 93.6 Å². The van der Waals surface area contributed by atoms with Gasteiger partial charge >= 0.3 is 0 Å². The predicted octanol–water partition coefficient (Wildman–Crippen LogP) is 16.8. The van der Waals surface area contributed by atoms with Crippen molar-refractivity contribution in [2.45, 2.75) is 19.3 Å². The molecule has 0 N–H and O–H groups in total. The molecule has 0 amide bonds. The summed E-state index contributed by atoms with van der Waals surface area (Å²) >= 11 is 0. The van der Waals surface area contributed by atoms with Crippen molar-refractivity contribution in [1.82, 2.24) is 13.7 Å². The van der Waals surface area contributed by atoms with Crippen molar-refractivity contribution >= 4 is 82.5 Å². The largest absolute Gasteiger partial charge is 0.310 e. The van der Waals surface area contributed by atoms with Crippen LogP contribution in [-0.2, 0) is 5.41 Å². The van der Waals surface area contributed by atoms with Gasteiger partial charge in [0.2, 0.25) is 0 Å². The number of fused-ring (bicyclic) bond motifs is 11. The Morgan fingerprint density at radius 2 is 0.672 bits per heavy atom. The van der Waals surface area contributed by atoms with Crippen LogP contribution in [0.5, 0.6) is 0 Å². The molecule has 4 heterocycles.